The van der Waals surface area contributed by atoms with Crippen LogP contribution in [0, 0.1) is 0 Å². The summed E-state index contributed by atoms with van der Waals surface area (Å²) in [6.45, 7) is 11.2. The van der Waals surface area contributed by atoms with Gasteiger partial charge in [0.05, 0.1) is 0 Å². The van der Waals surface area contributed by atoms with Gasteiger partial charge in [0.15, 0.2) is 0 Å². The third-order valence-electron chi connectivity index (χ3n) is 5.34. The van der Waals surface area contributed by atoms with Gasteiger partial charge in [-0.25, -0.2) is 0 Å². The zero-order valence-corrected chi connectivity index (χ0v) is 15.1. The topological polar surface area (TPSA) is 3.24 Å². The highest BCUT2D eigenvalue weighted by Gasteiger charge is 2.43. The van der Waals surface area contributed by atoms with Crippen LogP contribution in [0.25, 0.3) is 0 Å². The monoisotopic (exact) mass is 307 g/mol. The van der Waals surface area contributed by atoms with Crippen LogP contribution in [0.2, 0.25) is 0 Å². The van der Waals surface area contributed by atoms with Crippen molar-refractivity contribution in [3.8, 4) is 0 Å². The van der Waals surface area contributed by atoms with Gasteiger partial charge in [0, 0.05) is 18.5 Å². The molecule has 0 bridgehead atoms. The molecule has 2 aromatic carbocycles. The van der Waals surface area contributed by atoms with E-state index in [1.807, 2.05) is 0 Å². The maximum atomic E-state index is 2.41. The van der Waals surface area contributed by atoms with Crippen molar-refractivity contribution in [1.29, 1.82) is 0 Å². The molecule has 0 radical (unpaired) electrons. The molecule has 122 valence electrons. The summed E-state index contributed by atoms with van der Waals surface area (Å²) in [6, 6.07) is 18.6. The molecule has 0 N–H and O–H groups in total. The molecule has 0 saturated carbocycles. The van der Waals surface area contributed by atoms with Gasteiger partial charge in [0.1, 0.15) is 0 Å². The first kappa shape index (κ1) is 16.3. The molecular weight excluding hydrogens is 278 g/mol. The summed E-state index contributed by atoms with van der Waals surface area (Å²) >= 11 is 0. The molecule has 1 fully saturated rings. The molecule has 1 heterocycles. The number of likely N-dealkylation sites (tertiary alicyclic amines) is 1. The Morgan fingerprint density at radius 2 is 1.04 bits per heavy atom. The quantitative estimate of drug-likeness (QED) is 0.753. The van der Waals surface area contributed by atoms with Crippen LogP contribution in [-0.4, -0.2) is 25.0 Å². The molecular formula is C22H29N. The number of rotatable bonds is 4. The van der Waals surface area contributed by atoms with Gasteiger partial charge in [-0.3, -0.25) is 0 Å². The van der Waals surface area contributed by atoms with Crippen LogP contribution in [-0.2, 0) is 5.41 Å². The highest BCUT2D eigenvalue weighted by atomic mass is 15.2. The minimum Gasteiger partial charge on any atom is -0.304 e. The zero-order chi connectivity index (χ0) is 16.6. The molecule has 3 rings (SSSR count). The predicted octanol–water partition coefficient (Wildman–Crippen LogP) is 5.16. The number of nitrogens with zero attached hydrogens (tertiary/aromatic N) is 1. The van der Waals surface area contributed by atoms with Crippen molar-refractivity contribution in [2.45, 2.75) is 44.9 Å². The number of likely N-dealkylation sites (N-methyl/N-ethyl adjacent to an activating group) is 1. The van der Waals surface area contributed by atoms with E-state index in [0.717, 1.165) is 13.1 Å². The molecule has 1 nitrogen and oxygen atoms in total. The van der Waals surface area contributed by atoms with Crippen LogP contribution in [0.4, 0.5) is 0 Å². The highest BCUT2D eigenvalue weighted by molar-refractivity contribution is 5.45. The van der Waals surface area contributed by atoms with Gasteiger partial charge in [-0.2, -0.15) is 0 Å². The van der Waals surface area contributed by atoms with Gasteiger partial charge < -0.3 is 4.90 Å². The second kappa shape index (κ2) is 6.13. The van der Waals surface area contributed by atoms with Gasteiger partial charge in [-0.1, -0.05) is 76.2 Å². The summed E-state index contributed by atoms with van der Waals surface area (Å²) < 4.78 is 0. The summed E-state index contributed by atoms with van der Waals surface area (Å²) in [7, 11) is 2.21. The Morgan fingerprint density at radius 1 is 0.696 bits per heavy atom. The second-order valence-electron chi connectivity index (χ2n) is 7.81. The van der Waals surface area contributed by atoms with Gasteiger partial charge in [0.25, 0.3) is 0 Å². The molecule has 0 spiro atoms. The highest BCUT2D eigenvalue weighted by Crippen LogP contribution is 2.40. The van der Waals surface area contributed by atoms with E-state index in [-0.39, 0.29) is 5.41 Å². The van der Waals surface area contributed by atoms with Crippen molar-refractivity contribution in [3.63, 3.8) is 0 Å². The number of benzene rings is 2. The van der Waals surface area contributed by atoms with Crippen LogP contribution in [0.5, 0.6) is 0 Å². The third kappa shape index (κ3) is 2.95. The lowest BCUT2D eigenvalue weighted by atomic mass is 9.68. The second-order valence-corrected chi connectivity index (χ2v) is 7.81. The minimum atomic E-state index is 0.166. The van der Waals surface area contributed by atoms with Gasteiger partial charge in [0.2, 0.25) is 0 Å². The van der Waals surface area contributed by atoms with Crippen LogP contribution in [0.15, 0.2) is 48.5 Å². The first-order valence-corrected chi connectivity index (χ1v) is 8.82. The SMILES string of the molecule is CC(C)c1ccc(C2(c3ccc(C(C)C)cc3)CN(C)C2)cc1. The van der Waals surface area contributed by atoms with E-state index >= 15 is 0 Å². The fourth-order valence-electron chi connectivity index (χ4n) is 3.78. The molecule has 0 amide bonds. The Hall–Kier alpha value is -1.60. The standard InChI is InChI=1S/C22H29N/c1-16(2)18-6-10-20(11-7-18)22(14-23(5)15-22)21-12-8-19(9-13-21)17(3)4/h6-13,16-17H,14-15H2,1-5H3. The largest absolute Gasteiger partial charge is 0.304 e. The average Bonchev–Trinajstić information content (AvgIpc) is 2.52. The van der Waals surface area contributed by atoms with Crippen LogP contribution < -0.4 is 0 Å². The molecule has 23 heavy (non-hydrogen) atoms. The lowest BCUT2D eigenvalue weighted by Crippen LogP contribution is -2.58. The molecule has 0 unspecified atom stereocenters. The number of hydrogen-bond donors (Lipinski definition) is 0. The predicted molar refractivity (Wildman–Crippen MR) is 99.3 cm³/mol. The first-order valence-electron chi connectivity index (χ1n) is 8.82. The Bertz CT molecular complexity index is 590. The fraction of sp³-hybridized carbons (Fsp3) is 0.455. The normalized spacial score (nSPS) is 17.5. The molecule has 1 saturated heterocycles. The fourth-order valence-corrected chi connectivity index (χ4v) is 3.78. The Kier molecular flexibility index (Phi) is 4.33. The van der Waals surface area contributed by atoms with Crippen molar-refractivity contribution >= 4 is 0 Å². The average molecular weight is 307 g/mol. The van der Waals surface area contributed by atoms with Crippen molar-refractivity contribution < 1.29 is 0 Å². The van der Waals surface area contributed by atoms with Crippen LogP contribution in [0.1, 0.15) is 61.8 Å². The van der Waals surface area contributed by atoms with Gasteiger partial charge >= 0.3 is 0 Å². The molecule has 1 heteroatoms. The molecule has 0 aromatic heterocycles. The molecule has 0 aliphatic carbocycles. The summed E-state index contributed by atoms with van der Waals surface area (Å²) in [6.07, 6.45) is 0. The smallest absolute Gasteiger partial charge is 0.0456 e. The first-order chi connectivity index (χ1) is 10.9. The lowest BCUT2D eigenvalue weighted by molar-refractivity contribution is 0.126. The number of hydrogen-bond acceptors (Lipinski definition) is 1. The zero-order valence-electron chi connectivity index (χ0n) is 15.1. The summed E-state index contributed by atoms with van der Waals surface area (Å²) in [5.41, 5.74) is 5.92. The van der Waals surface area contributed by atoms with Crippen LogP contribution in [0.3, 0.4) is 0 Å². The minimum absolute atomic E-state index is 0.166. The van der Waals surface area contributed by atoms with Gasteiger partial charge in [-0.15, -0.1) is 0 Å². The molecule has 1 aliphatic rings. The van der Waals surface area contributed by atoms with E-state index in [1.165, 1.54) is 22.3 Å². The van der Waals surface area contributed by atoms with E-state index in [4.69, 9.17) is 0 Å². The molecule has 2 aromatic rings. The van der Waals surface area contributed by atoms with E-state index in [2.05, 4.69) is 88.2 Å². The molecule has 0 atom stereocenters. The van der Waals surface area contributed by atoms with E-state index in [9.17, 15) is 0 Å². The Morgan fingerprint density at radius 3 is 1.30 bits per heavy atom. The van der Waals surface area contributed by atoms with E-state index < -0.39 is 0 Å². The Labute approximate surface area is 141 Å². The van der Waals surface area contributed by atoms with Crippen molar-refractivity contribution in [3.05, 3.63) is 70.8 Å². The van der Waals surface area contributed by atoms with Crippen LogP contribution >= 0.6 is 0 Å². The Balaban J connectivity index is 1.96. The molecule has 1 aliphatic heterocycles. The lowest BCUT2D eigenvalue weighted by Gasteiger charge is -2.49. The maximum absolute atomic E-state index is 2.41. The summed E-state index contributed by atoms with van der Waals surface area (Å²) in [5.74, 6) is 1.18. The summed E-state index contributed by atoms with van der Waals surface area (Å²) in [5, 5.41) is 0. The van der Waals surface area contributed by atoms with Gasteiger partial charge in [-0.05, 0) is 41.1 Å². The van der Waals surface area contributed by atoms with Crippen molar-refractivity contribution in [1.82, 2.24) is 4.90 Å². The maximum Gasteiger partial charge on any atom is 0.0456 e. The van der Waals surface area contributed by atoms with Crippen molar-refractivity contribution in [2.24, 2.45) is 0 Å². The summed E-state index contributed by atoms with van der Waals surface area (Å²) in [4.78, 5) is 2.41. The third-order valence-corrected chi connectivity index (χ3v) is 5.34. The van der Waals surface area contributed by atoms with E-state index in [0.29, 0.717) is 11.8 Å². The van der Waals surface area contributed by atoms with E-state index in [1.54, 1.807) is 0 Å². The van der Waals surface area contributed by atoms with Crippen molar-refractivity contribution in [2.75, 3.05) is 20.1 Å².